The van der Waals surface area contributed by atoms with E-state index in [0.717, 1.165) is 32.4 Å². The zero-order chi connectivity index (χ0) is 14.7. The van der Waals surface area contributed by atoms with Crippen LogP contribution in [0.4, 0.5) is 17.8 Å². The summed E-state index contributed by atoms with van der Waals surface area (Å²) in [5, 5.41) is 3.37. The van der Waals surface area contributed by atoms with Crippen LogP contribution < -0.4 is 21.5 Å². The minimum absolute atomic E-state index is 0.214. The van der Waals surface area contributed by atoms with Crippen molar-refractivity contribution in [1.29, 1.82) is 0 Å². The molecule has 116 valence electrons. The Kier molecular flexibility index (Phi) is 4.35. The van der Waals surface area contributed by atoms with Gasteiger partial charge in [0, 0.05) is 20.2 Å². The van der Waals surface area contributed by atoms with Crippen molar-refractivity contribution in [3.63, 3.8) is 0 Å². The molecule has 2 aliphatic rings. The van der Waals surface area contributed by atoms with Crippen LogP contribution in [0.15, 0.2) is 0 Å². The standard InChI is InChI=1S/C13H23N7O/c1-21-10-6-4-5-9(10)15-11-16-12(19-14)18-13(17-11)20-7-2-3-8-20/h9-10H,2-8,14H2,1H3,(H2,15,16,17,18,19). The van der Waals surface area contributed by atoms with Crippen LogP contribution >= 0.6 is 0 Å². The maximum absolute atomic E-state index is 5.50. The number of hydrogen-bond donors (Lipinski definition) is 3. The van der Waals surface area contributed by atoms with Gasteiger partial charge in [-0.25, -0.2) is 5.84 Å². The van der Waals surface area contributed by atoms with E-state index in [2.05, 4.69) is 30.6 Å². The van der Waals surface area contributed by atoms with E-state index in [1.807, 2.05) is 0 Å². The minimum Gasteiger partial charge on any atom is -0.379 e. The Morgan fingerprint density at radius 2 is 1.86 bits per heavy atom. The fourth-order valence-electron chi connectivity index (χ4n) is 3.09. The lowest BCUT2D eigenvalue weighted by Crippen LogP contribution is -2.31. The Labute approximate surface area is 124 Å². The van der Waals surface area contributed by atoms with Crippen LogP contribution in [0.1, 0.15) is 32.1 Å². The van der Waals surface area contributed by atoms with E-state index >= 15 is 0 Å². The molecule has 2 fully saturated rings. The highest BCUT2D eigenvalue weighted by Gasteiger charge is 2.28. The summed E-state index contributed by atoms with van der Waals surface area (Å²) in [5.41, 5.74) is 2.52. The second kappa shape index (κ2) is 6.40. The summed E-state index contributed by atoms with van der Waals surface area (Å²) in [6.45, 7) is 1.97. The molecule has 0 amide bonds. The van der Waals surface area contributed by atoms with Crippen LogP contribution in [0.25, 0.3) is 0 Å². The number of nitrogens with one attached hydrogen (secondary N) is 2. The Morgan fingerprint density at radius 1 is 1.10 bits per heavy atom. The van der Waals surface area contributed by atoms with Gasteiger partial charge in [0.2, 0.25) is 17.8 Å². The molecule has 8 nitrogen and oxygen atoms in total. The summed E-state index contributed by atoms with van der Waals surface area (Å²) in [6, 6.07) is 0.245. The molecule has 1 saturated carbocycles. The van der Waals surface area contributed by atoms with E-state index in [1.54, 1.807) is 7.11 Å². The average Bonchev–Trinajstić information content (AvgIpc) is 3.18. The van der Waals surface area contributed by atoms with Gasteiger partial charge in [-0.05, 0) is 32.1 Å². The minimum atomic E-state index is 0.214. The third-order valence-electron chi connectivity index (χ3n) is 4.21. The number of anilines is 3. The van der Waals surface area contributed by atoms with E-state index < -0.39 is 0 Å². The Morgan fingerprint density at radius 3 is 2.57 bits per heavy atom. The van der Waals surface area contributed by atoms with Gasteiger partial charge in [0.15, 0.2) is 0 Å². The van der Waals surface area contributed by atoms with Gasteiger partial charge >= 0.3 is 0 Å². The molecule has 21 heavy (non-hydrogen) atoms. The molecule has 0 radical (unpaired) electrons. The number of nitrogens with zero attached hydrogens (tertiary/aromatic N) is 4. The molecule has 1 aromatic rings. The average molecular weight is 293 g/mol. The van der Waals surface area contributed by atoms with Crippen molar-refractivity contribution >= 4 is 17.8 Å². The molecule has 2 atom stereocenters. The number of ether oxygens (including phenoxy) is 1. The van der Waals surface area contributed by atoms with Gasteiger partial charge in [-0.2, -0.15) is 15.0 Å². The molecule has 2 unspecified atom stereocenters. The van der Waals surface area contributed by atoms with Gasteiger partial charge in [-0.1, -0.05) is 0 Å². The molecule has 0 spiro atoms. The van der Waals surface area contributed by atoms with E-state index in [4.69, 9.17) is 10.6 Å². The first-order chi connectivity index (χ1) is 10.3. The van der Waals surface area contributed by atoms with Crippen LogP contribution in [-0.4, -0.2) is 47.3 Å². The quantitative estimate of drug-likeness (QED) is 0.540. The first kappa shape index (κ1) is 14.3. The molecular weight excluding hydrogens is 270 g/mol. The monoisotopic (exact) mass is 293 g/mol. The summed E-state index contributed by atoms with van der Waals surface area (Å²) < 4.78 is 5.50. The highest BCUT2D eigenvalue weighted by atomic mass is 16.5. The second-order valence-electron chi connectivity index (χ2n) is 5.58. The van der Waals surface area contributed by atoms with Crippen molar-refractivity contribution < 1.29 is 4.74 Å². The molecule has 0 bridgehead atoms. The molecule has 3 rings (SSSR count). The van der Waals surface area contributed by atoms with Crippen molar-refractivity contribution in [2.45, 2.75) is 44.2 Å². The smallest absolute Gasteiger partial charge is 0.243 e. The topological polar surface area (TPSA) is 101 Å². The highest BCUT2D eigenvalue weighted by Crippen LogP contribution is 2.25. The number of nitrogen functional groups attached to an aromatic ring is 1. The normalized spacial score (nSPS) is 25.3. The summed E-state index contributed by atoms with van der Waals surface area (Å²) >= 11 is 0. The van der Waals surface area contributed by atoms with Gasteiger partial charge < -0.3 is 15.0 Å². The van der Waals surface area contributed by atoms with Crippen LogP contribution in [0, 0.1) is 0 Å². The van der Waals surface area contributed by atoms with Gasteiger partial charge in [0.25, 0.3) is 0 Å². The van der Waals surface area contributed by atoms with Crippen LogP contribution in [0.5, 0.6) is 0 Å². The third-order valence-corrected chi connectivity index (χ3v) is 4.21. The SMILES string of the molecule is COC1CCCC1Nc1nc(NN)nc(N2CCCC2)n1. The van der Waals surface area contributed by atoms with Crippen LogP contribution in [0.2, 0.25) is 0 Å². The fourth-order valence-corrected chi connectivity index (χ4v) is 3.09. The number of nitrogens with two attached hydrogens (primary N) is 1. The lowest BCUT2D eigenvalue weighted by atomic mass is 10.2. The molecule has 8 heteroatoms. The van der Waals surface area contributed by atoms with E-state index in [-0.39, 0.29) is 12.1 Å². The lowest BCUT2D eigenvalue weighted by molar-refractivity contribution is 0.101. The molecule has 1 aliphatic carbocycles. The van der Waals surface area contributed by atoms with E-state index in [9.17, 15) is 0 Å². The Bertz CT molecular complexity index is 478. The van der Waals surface area contributed by atoms with Gasteiger partial charge in [0.05, 0.1) is 12.1 Å². The molecule has 1 aliphatic heterocycles. The lowest BCUT2D eigenvalue weighted by Gasteiger charge is -2.21. The Hall–Kier alpha value is -1.67. The van der Waals surface area contributed by atoms with Crippen LogP contribution in [-0.2, 0) is 4.74 Å². The Balaban J connectivity index is 1.78. The van der Waals surface area contributed by atoms with Gasteiger partial charge in [0.1, 0.15) is 0 Å². The van der Waals surface area contributed by atoms with Crippen molar-refractivity contribution in [2.75, 3.05) is 35.8 Å². The molecule has 4 N–H and O–H groups in total. The molecule has 0 aromatic carbocycles. The summed E-state index contributed by atoms with van der Waals surface area (Å²) in [7, 11) is 1.75. The number of hydrogen-bond acceptors (Lipinski definition) is 8. The fraction of sp³-hybridized carbons (Fsp3) is 0.769. The van der Waals surface area contributed by atoms with E-state index in [1.165, 1.54) is 12.8 Å². The predicted octanol–water partition coefficient (Wildman–Crippen LogP) is 0.737. The second-order valence-corrected chi connectivity index (χ2v) is 5.58. The van der Waals surface area contributed by atoms with E-state index in [0.29, 0.717) is 17.8 Å². The summed E-state index contributed by atoms with van der Waals surface area (Å²) in [4.78, 5) is 15.3. The molecular formula is C13H23N7O. The number of methoxy groups -OCH3 is 1. The largest absolute Gasteiger partial charge is 0.379 e. The maximum Gasteiger partial charge on any atom is 0.243 e. The van der Waals surface area contributed by atoms with Crippen LogP contribution in [0.3, 0.4) is 0 Å². The van der Waals surface area contributed by atoms with Crippen molar-refractivity contribution in [2.24, 2.45) is 5.84 Å². The van der Waals surface area contributed by atoms with Crippen molar-refractivity contribution in [1.82, 2.24) is 15.0 Å². The highest BCUT2D eigenvalue weighted by molar-refractivity contribution is 5.44. The third kappa shape index (κ3) is 3.16. The number of rotatable bonds is 5. The number of aromatic nitrogens is 3. The maximum atomic E-state index is 5.50. The molecule has 1 aromatic heterocycles. The number of hydrazine groups is 1. The van der Waals surface area contributed by atoms with Crippen molar-refractivity contribution in [3.05, 3.63) is 0 Å². The summed E-state index contributed by atoms with van der Waals surface area (Å²) in [5.74, 6) is 7.11. The first-order valence-corrected chi connectivity index (χ1v) is 7.57. The first-order valence-electron chi connectivity index (χ1n) is 7.57. The molecule has 2 heterocycles. The summed E-state index contributed by atoms with van der Waals surface area (Å²) in [6.07, 6.45) is 5.85. The molecule has 1 saturated heterocycles. The van der Waals surface area contributed by atoms with Gasteiger partial charge in [-0.3, -0.25) is 5.43 Å². The zero-order valence-corrected chi connectivity index (χ0v) is 12.4. The van der Waals surface area contributed by atoms with Gasteiger partial charge in [-0.15, -0.1) is 0 Å². The predicted molar refractivity (Wildman–Crippen MR) is 81.1 cm³/mol. The zero-order valence-electron chi connectivity index (χ0n) is 12.4. The van der Waals surface area contributed by atoms with Crippen molar-refractivity contribution in [3.8, 4) is 0 Å².